The number of pyridine rings is 1. The van der Waals surface area contributed by atoms with Gasteiger partial charge in [-0.15, -0.1) is 0 Å². The van der Waals surface area contributed by atoms with Crippen molar-refractivity contribution in [3.8, 4) is 0 Å². The first-order valence-corrected chi connectivity index (χ1v) is 12.9. The SMILES string of the molecule is CC(C)c1cc2c(cc1S(=O)(=O)NCCc1cccnc1)Sc1cc(F)ccc1C2(C)C. The zero-order valence-corrected chi connectivity index (χ0v) is 20.3. The van der Waals surface area contributed by atoms with Gasteiger partial charge in [0.05, 0.1) is 4.90 Å². The van der Waals surface area contributed by atoms with Crippen molar-refractivity contribution in [3.05, 3.63) is 82.9 Å². The van der Waals surface area contributed by atoms with E-state index in [1.165, 1.54) is 23.9 Å². The van der Waals surface area contributed by atoms with E-state index in [0.29, 0.717) is 11.3 Å². The lowest BCUT2D eigenvalue weighted by Crippen LogP contribution is -2.29. The molecule has 1 aromatic heterocycles. The van der Waals surface area contributed by atoms with E-state index in [9.17, 15) is 12.8 Å². The fourth-order valence-corrected chi connectivity index (χ4v) is 7.07. The largest absolute Gasteiger partial charge is 0.264 e. The second-order valence-corrected chi connectivity index (χ2v) is 11.7. The molecule has 2 aromatic carbocycles. The van der Waals surface area contributed by atoms with Crippen LogP contribution in [-0.2, 0) is 21.9 Å². The Balaban J connectivity index is 1.72. The third kappa shape index (κ3) is 4.34. The number of halogens is 1. The number of hydrogen-bond donors (Lipinski definition) is 1. The summed E-state index contributed by atoms with van der Waals surface area (Å²) in [5.41, 5.74) is 3.52. The lowest BCUT2D eigenvalue weighted by molar-refractivity contribution is 0.573. The number of hydrogen-bond acceptors (Lipinski definition) is 4. The van der Waals surface area contributed by atoms with E-state index in [4.69, 9.17) is 0 Å². The summed E-state index contributed by atoms with van der Waals surface area (Å²) >= 11 is 1.43. The van der Waals surface area contributed by atoms with Gasteiger partial charge in [0.25, 0.3) is 0 Å². The van der Waals surface area contributed by atoms with Crippen LogP contribution >= 0.6 is 11.8 Å². The van der Waals surface area contributed by atoms with Crippen molar-refractivity contribution in [2.45, 2.75) is 60.1 Å². The van der Waals surface area contributed by atoms with Gasteiger partial charge in [0.2, 0.25) is 10.0 Å². The molecule has 0 saturated heterocycles. The quantitative estimate of drug-likeness (QED) is 0.505. The highest BCUT2D eigenvalue weighted by Crippen LogP contribution is 2.50. The van der Waals surface area contributed by atoms with E-state index in [0.717, 1.165) is 32.0 Å². The van der Waals surface area contributed by atoms with Crippen LogP contribution in [0.25, 0.3) is 0 Å². The summed E-state index contributed by atoms with van der Waals surface area (Å²) in [6, 6.07) is 12.4. The Morgan fingerprint density at radius 2 is 1.84 bits per heavy atom. The molecular formula is C25H27FN2O2S2. The van der Waals surface area contributed by atoms with Crippen LogP contribution in [0.2, 0.25) is 0 Å². The van der Waals surface area contributed by atoms with Crippen molar-refractivity contribution in [3.63, 3.8) is 0 Å². The average molecular weight is 471 g/mol. The molecule has 0 spiro atoms. The Kier molecular flexibility index (Phi) is 6.18. The molecule has 2 heterocycles. The zero-order valence-electron chi connectivity index (χ0n) is 18.6. The number of benzene rings is 2. The summed E-state index contributed by atoms with van der Waals surface area (Å²) in [5.74, 6) is -0.264. The predicted molar refractivity (Wildman–Crippen MR) is 126 cm³/mol. The second-order valence-electron chi connectivity index (χ2n) is 8.92. The van der Waals surface area contributed by atoms with Gasteiger partial charge >= 0.3 is 0 Å². The molecule has 32 heavy (non-hydrogen) atoms. The van der Waals surface area contributed by atoms with Crippen molar-refractivity contribution in [2.24, 2.45) is 0 Å². The fraction of sp³-hybridized carbons (Fsp3) is 0.320. The number of nitrogens with zero attached hydrogens (tertiary/aromatic N) is 1. The first-order valence-electron chi connectivity index (χ1n) is 10.6. The minimum Gasteiger partial charge on any atom is -0.264 e. The van der Waals surface area contributed by atoms with Gasteiger partial charge in [-0.25, -0.2) is 17.5 Å². The molecule has 0 bridgehead atoms. The summed E-state index contributed by atoms with van der Waals surface area (Å²) in [6.07, 6.45) is 3.99. The van der Waals surface area contributed by atoms with Crippen LogP contribution < -0.4 is 4.72 Å². The van der Waals surface area contributed by atoms with Crippen molar-refractivity contribution in [1.82, 2.24) is 9.71 Å². The van der Waals surface area contributed by atoms with Crippen LogP contribution in [0.5, 0.6) is 0 Å². The molecule has 0 amide bonds. The van der Waals surface area contributed by atoms with E-state index in [1.54, 1.807) is 18.5 Å². The molecule has 4 rings (SSSR count). The molecule has 1 aliphatic rings. The molecule has 3 aromatic rings. The summed E-state index contributed by atoms with van der Waals surface area (Å²) in [7, 11) is -3.72. The summed E-state index contributed by atoms with van der Waals surface area (Å²) in [6.45, 7) is 8.50. The van der Waals surface area contributed by atoms with Gasteiger partial charge in [-0.3, -0.25) is 4.98 Å². The zero-order chi connectivity index (χ0) is 23.1. The van der Waals surface area contributed by atoms with Crippen molar-refractivity contribution in [2.75, 3.05) is 6.54 Å². The molecule has 0 atom stereocenters. The van der Waals surface area contributed by atoms with Gasteiger partial charge in [0, 0.05) is 34.1 Å². The molecule has 1 aliphatic heterocycles. The summed E-state index contributed by atoms with van der Waals surface area (Å²) in [4.78, 5) is 6.05. The standard InChI is InChI=1S/C25H27FN2O2S2/c1-16(2)19-13-21-23(31-22-12-18(26)7-8-20(22)25(21,3)4)14-24(19)32(29,30)28-11-9-17-6-5-10-27-15-17/h5-8,10,12-16,28H,9,11H2,1-4H3. The van der Waals surface area contributed by atoms with Gasteiger partial charge in [0.1, 0.15) is 5.82 Å². The van der Waals surface area contributed by atoms with Gasteiger partial charge in [0.15, 0.2) is 0 Å². The van der Waals surface area contributed by atoms with Crippen LogP contribution in [0.4, 0.5) is 4.39 Å². The minimum absolute atomic E-state index is 0.0283. The van der Waals surface area contributed by atoms with E-state index in [-0.39, 0.29) is 23.7 Å². The van der Waals surface area contributed by atoms with Crippen molar-refractivity contribution >= 4 is 21.8 Å². The van der Waals surface area contributed by atoms with Crippen LogP contribution in [0.15, 0.2) is 69.5 Å². The van der Waals surface area contributed by atoms with Crippen LogP contribution in [-0.4, -0.2) is 19.9 Å². The minimum atomic E-state index is -3.72. The molecule has 0 unspecified atom stereocenters. The first kappa shape index (κ1) is 23.0. The normalized spacial score (nSPS) is 14.8. The number of fused-ring (bicyclic) bond motifs is 2. The molecule has 1 N–H and O–H groups in total. The summed E-state index contributed by atoms with van der Waals surface area (Å²) < 4.78 is 43.3. The maximum absolute atomic E-state index is 13.9. The van der Waals surface area contributed by atoms with Crippen molar-refractivity contribution < 1.29 is 12.8 Å². The lowest BCUT2D eigenvalue weighted by atomic mass is 9.76. The number of nitrogens with one attached hydrogen (secondary N) is 1. The molecule has 0 radical (unpaired) electrons. The molecule has 4 nitrogen and oxygen atoms in total. The van der Waals surface area contributed by atoms with E-state index in [2.05, 4.69) is 23.6 Å². The van der Waals surface area contributed by atoms with Crippen LogP contribution in [0.1, 0.15) is 55.9 Å². The van der Waals surface area contributed by atoms with Gasteiger partial charge < -0.3 is 0 Å². The van der Waals surface area contributed by atoms with Crippen LogP contribution in [0.3, 0.4) is 0 Å². The van der Waals surface area contributed by atoms with Gasteiger partial charge in [-0.1, -0.05) is 57.7 Å². The molecule has 7 heteroatoms. The summed E-state index contributed by atoms with van der Waals surface area (Å²) in [5, 5.41) is 0. The highest BCUT2D eigenvalue weighted by atomic mass is 32.2. The Morgan fingerprint density at radius 3 is 2.53 bits per heavy atom. The smallest absolute Gasteiger partial charge is 0.240 e. The van der Waals surface area contributed by atoms with E-state index >= 15 is 0 Å². The topological polar surface area (TPSA) is 59.1 Å². The average Bonchev–Trinajstić information content (AvgIpc) is 2.73. The molecule has 0 fully saturated rings. The highest BCUT2D eigenvalue weighted by Gasteiger charge is 2.35. The maximum Gasteiger partial charge on any atom is 0.240 e. The van der Waals surface area contributed by atoms with E-state index in [1.807, 2.05) is 38.1 Å². The highest BCUT2D eigenvalue weighted by molar-refractivity contribution is 7.99. The van der Waals surface area contributed by atoms with Gasteiger partial charge in [-0.05, 0) is 58.9 Å². The second kappa shape index (κ2) is 8.61. The maximum atomic E-state index is 13.9. The fourth-order valence-electron chi connectivity index (χ4n) is 4.15. The lowest BCUT2D eigenvalue weighted by Gasteiger charge is -2.35. The van der Waals surface area contributed by atoms with Gasteiger partial charge in [-0.2, -0.15) is 0 Å². The Labute approximate surface area is 193 Å². The Bertz CT molecular complexity index is 1260. The predicted octanol–water partition coefficient (Wildman–Crippen LogP) is 5.66. The number of sulfonamides is 1. The Hall–Kier alpha value is -2.22. The Morgan fingerprint density at radius 1 is 1.09 bits per heavy atom. The molecule has 168 valence electrons. The number of rotatable bonds is 6. The molecular weight excluding hydrogens is 443 g/mol. The first-order chi connectivity index (χ1) is 15.1. The van der Waals surface area contributed by atoms with E-state index < -0.39 is 10.0 Å². The third-order valence-electron chi connectivity index (χ3n) is 5.96. The molecule has 0 saturated carbocycles. The van der Waals surface area contributed by atoms with Crippen molar-refractivity contribution in [1.29, 1.82) is 0 Å². The monoisotopic (exact) mass is 470 g/mol. The number of aromatic nitrogens is 1. The van der Waals surface area contributed by atoms with Crippen LogP contribution in [0, 0.1) is 5.82 Å². The third-order valence-corrected chi connectivity index (χ3v) is 8.59. The molecule has 0 aliphatic carbocycles.